The maximum absolute atomic E-state index is 5.14. The Labute approximate surface area is 57.4 Å². The van der Waals surface area contributed by atoms with E-state index in [1.54, 1.807) is 0 Å². The highest BCUT2D eigenvalue weighted by atomic mass is 16.5. The molecule has 0 saturated carbocycles. The van der Waals surface area contributed by atoms with Crippen LogP contribution in [0.2, 0.25) is 0 Å². The van der Waals surface area contributed by atoms with Gasteiger partial charge >= 0.3 is 0 Å². The van der Waals surface area contributed by atoms with Crippen molar-refractivity contribution in [1.29, 1.82) is 0 Å². The van der Waals surface area contributed by atoms with Gasteiger partial charge in [-0.15, -0.1) is 5.92 Å². The second-order valence-electron chi connectivity index (χ2n) is 1.83. The highest BCUT2D eigenvalue weighted by molar-refractivity contribution is 4.94. The van der Waals surface area contributed by atoms with Crippen molar-refractivity contribution in [2.75, 3.05) is 13.2 Å². The molecule has 0 spiro atoms. The predicted octanol–water partition coefficient (Wildman–Crippen LogP) is 1.83. The van der Waals surface area contributed by atoms with E-state index in [1.807, 2.05) is 6.92 Å². The van der Waals surface area contributed by atoms with Gasteiger partial charge in [-0.3, -0.25) is 0 Å². The fraction of sp³-hybridized carbons (Fsp3) is 0.750. The quantitative estimate of drug-likeness (QED) is 0.412. The van der Waals surface area contributed by atoms with Gasteiger partial charge in [0.25, 0.3) is 0 Å². The summed E-state index contributed by atoms with van der Waals surface area (Å²) in [5.41, 5.74) is 0. The Morgan fingerprint density at radius 1 is 1.44 bits per heavy atom. The molecule has 9 heavy (non-hydrogen) atoms. The lowest BCUT2D eigenvalue weighted by atomic mass is 10.4. The normalized spacial score (nSPS) is 8.22. The molecule has 0 fully saturated rings. The largest absolute Gasteiger partial charge is 0.369 e. The lowest BCUT2D eigenvalue weighted by Gasteiger charge is -1.94. The predicted molar refractivity (Wildman–Crippen MR) is 39.2 cm³/mol. The molecule has 0 saturated heterocycles. The highest BCUT2D eigenvalue weighted by Gasteiger charge is 1.80. The van der Waals surface area contributed by atoms with Crippen LogP contribution in [0.3, 0.4) is 0 Å². The van der Waals surface area contributed by atoms with Gasteiger partial charge in [-0.05, 0) is 13.3 Å². The van der Waals surface area contributed by atoms with Gasteiger partial charge in [-0.1, -0.05) is 19.3 Å². The molecule has 1 nitrogen and oxygen atoms in total. The first-order valence-electron chi connectivity index (χ1n) is 3.39. The van der Waals surface area contributed by atoms with Gasteiger partial charge in [-0.25, -0.2) is 0 Å². The molecule has 52 valence electrons. The monoisotopic (exact) mass is 126 g/mol. The minimum Gasteiger partial charge on any atom is -0.369 e. The summed E-state index contributed by atoms with van der Waals surface area (Å²) < 4.78 is 5.14. The Kier molecular flexibility index (Phi) is 7.12. The molecule has 0 aliphatic rings. The van der Waals surface area contributed by atoms with Crippen LogP contribution in [0.1, 0.15) is 26.7 Å². The van der Waals surface area contributed by atoms with E-state index in [-0.39, 0.29) is 0 Å². The van der Waals surface area contributed by atoms with Crippen LogP contribution in [0.15, 0.2) is 0 Å². The van der Waals surface area contributed by atoms with Gasteiger partial charge in [0, 0.05) is 6.61 Å². The molecule has 0 unspecified atom stereocenters. The van der Waals surface area contributed by atoms with Crippen molar-refractivity contribution in [2.24, 2.45) is 0 Å². The maximum Gasteiger partial charge on any atom is 0.107 e. The Hall–Kier alpha value is -0.480. The Bertz CT molecular complexity index is 96.9. The van der Waals surface area contributed by atoms with E-state index in [0.29, 0.717) is 6.61 Å². The van der Waals surface area contributed by atoms with Crippen molar-refractivity contribution in [3.63, 3.8) is 0 Å². The zero-order valence-corrected chi connectivity index (χ0v) is 6.24. The molecule has 0 heterocycles. The third-order valence-electron chi connectivity index (χ3n) is 0.993. The standard InChI is InChI=1S/C8H14O/c1-3-5-7-9-8-6-4-2/h3,5,7-8H2,1-2H3. The summed E-state index contributed by atoms with van der Waals surface area (Å²) >= 11 is 0. The van der Waals surface area contributed by atoms with Crippen molar-refractivity contribution in [3.05, 3.63) is 0 Å². The number of unbranched alkanes of at least 4 members (excludes halogenated alkanes) is 1. The summed E-state index contributed by atoms with van der Waals surface area (Å²) in [6, 6.07) is 0. The molecule has 0 atom stereocenters. The van der Waals surface area contributed by atoms with Crippen molar-refractivity contribution in [1.82, 2.24) is 0 Å². The van der Waals surface area contributed by atoms with Crippen molar-refractivity contribution >= 4 is 0 Å². The van der Waals surface area contributed by atoms with Gasteiger partial charge in [0.15, 0.2) is 0 Å². The summed E-state index contributed by atoms with van der Waals surface area (Å²) in [6.45, 7) is 5.42. The van der Waals surface area contributed by atoms with Crippen LogP contribution in [0.25, 0.3) is 0 Å². The molecule has 0 aliphatic carbocycles. The Morgan fingerprint density at radius 2 is 2.22 bits per heavy atom. The molecule has 0 aromatic rings. The molecule has 0 radical (unpaired) electrons. The van der Waals surface area contributed by atoms with Gasteiger partial charge in [0.2, 0.25) is 0 Å². The molecule has 0 N–H and O–H groups in total. The van der Waals surface area contributed by atoms with E-state index >= 15 is 0 Å². The minimum absolute atomic E-state index is 0.594. The van der Waals surface area contributed by atoms with Gasteiger partial charge < -0.3 is 4.74 Å². The maximum atomic E-state index is 5.14. The topological polar surface area (TPSA) is 9.23 Å². The summed E-state index contributed by atoms with van der Waals surface area (Å²) in [6.07, 6.45) is 2.34. The first kappa shape index (κ1) is 8.52. The summed E-state index contributed by atoms with van der Waals surface area (Å²) in [5.74, 6) is 5.60. The molecular formula is C8H14O. The fourth-order valence-corrected chi connectivity index (χ4v) is 0.442. The van der Waals surface area contributed by atoms with Crippen LogP contribution in [0.5, 0.6) is 0 Å². The zero-order valence-electron chi connectivity index (χ0n) is 6.24. The van der Waals surface area contributed by atoms with Crippen molar-refractivity contribution in [2.45, 2.75) is 26.7 Å². The zero-order chi connectivity index (χ0) is 6.95. The van der Waals surface area contributed by atoms with Crippen LogP contribution >= 0.6 is 0 Å². The number of rotatable bonds is 4. The molecular weight excluding hydrogens is 112 g/mol. The summed E-state index contributed by atoms with van der Waals surface area (Å²) in [4.78, 5) is 0. The molecule has 0 rings (SSSR count). The third-order valence-corrected chi connectivity index (χ3v) is 0.993. The van der Waals surface area contributed by atoms with Crippen LogP contribution in [-0.4, -0.2) is 13.2 Å². The van der Waals surface area contributed by atoms with E-state index in [4.69, 9.17) is 4.74 Å². The first-order chi connectivity index (χ1) is 4.41. The van der Waals surface area contributed by atoms with E-state index in [0.717, 1.165) is 13.0 Å². The fourth-order valence-electron chi connectivity index (χ4n) is 0.442. The average molecular weight is 126 g/mol. The van der Waals surface area contributed by atoms with Crippen molar-refractivity contribution < 1.29 is 4.74 Å². The van der Waals surface area contributed by atoms with Crippen LogP contribution in [0.4, 0.5) is 0 Å². The highest BCUT2D eigenvalue weighted by Crippen LogP contribution is 1.85. The second-order valence-corrected chi connectivity index (χ2v) is 1.83. The second kappa shape index (κ2) is 7.52. The van der Waals surface area contributed by atoms with Crippen LogP contribution < -0.4 is 0 Å². The third kappa shape index (κ3) is 7.52. The van der Waals surface area contributed by atoms with Crippen LogP contribution in [-0.2, 0) is 4.74 Å². The Morgan fingerprint density at radius 3 is 2.78 bits per heavy atom. The van der Waals surface area contributed by atoms with E-state index in [2.05, 4.69) is 18.8 Å². The number of hydrogen-bond donors (Lipinski definition) is 0. The molecule has 0 amide bonds. The van der Waals surface area contributed by atoms with E-state index < -0.39 is 0 Å². The minimum atomic E-state index is 0.594. The molecule has 0 aliphatic heterocycles. The smallest absolute Gasteiger partial charge is 0.107 e. The number of ether oxygens (including phenoxy) is 1. The van der Waals surface area contributed by atoms with Gasteiger partial charge in [0.1, 0.15) is 6.61 Å². The lowest BCUT2D eigenvalue weighted by Crippen LogP contribution is -1.92. The van der Waals surface area contributed by atoms with Gasteiger partial charge in [0.05, 0.1) is 0 Å². The number of hydrogen-bond acceptors (Lipinski definition) is 1. The van der Waals surface area contributed by atoms with Crippen molar-refractivity contribution in [3.8, 4) is 11.8 Å². The van der Waals surface area contributed by atoms with Gasteiger partial charge in [-0.2, -0.15) is 0 Å². The Balaban J connectivity index is 2.80. The average Bonchev–Trinajstić information content (AvgIpc) is 1.89. The lowest BCUT2D eigenvalue weighted by molar-refractivity contribution is 0.163. The summed E-state index contributed by atoms with van der Waals surface area (Å²) in [5, 5.41) is 0. The molecule has 1 heteroatoms. The van der Waals surface area contributed by atoms with E-state index in [1.165, 1.54) is 6.42 Å². The molecule has 0 aromatic heterocycles. The molecule has 0 bridgehead atoms. The molecule has 0 aromatic carbocycles. The SMILES string of the molecule is CC#CCOCCCC. The van der Waals surface area contributed by atoms with E-state index in [9.17, 15) is 0 Å². The van der Waals surface area contributed by atoms with Crippen LogP contribution in [0, 0.1) is 11.8 Å². The first-order valence-corrected chi connectivity index (χ1v) is 3.39. The summed E-state index contributed by atoms with van der Waals surface area (Å²) in [7, 11) is 0.